The first-order valence-electron chi connectivity index (χ1n) is 7.12. The maximum absolute atomic E-state index is 12.9. The van der Waals surface area contributed by atoms with E-state index in [-0.39, 0.29) is 16.6 Å². The van der Waals surface area contributed by atoms with E-state index < -0.39 is 4.92 Å². The third-order valence-electron chi connectivity index (χ3n) is 3.38. The third-order valence-corrected chi connectivity index (χ3v) is 4.31. The molecule has 0 spiro atoms. The SMILES string of the molecule is C=CCSc1nc2ccc([N+](=O)[O-])cc2c(=O)n1-c1ccccc1. The van der Waals surface area contributed by atoms with E-state index in [0.717, 1.165) is 0 Å². The lowest BCUT2D eigenvalue weighted by Crippen LogP contribution is -2.21. The number of non-ortho nitro benzene ring substituents is 1. The van der Waals surface area contributed by atoms with Crippen LogP contribution in [0.3, 0.4) is 0 Å². The zero-order valence-electron chi connectivity index (χ0n) is 12.6. The number of nitrogens with zero attached hydrogens (tertiary/aromatic N) is 3. The highest BCUT2D eigenvalue weighted by Crippen LogP contribution is 2.23. The van der Waals surface area contributed by atoms with Crippen LogP contribution >= 0.6 is 11.8 Å². The van der Waals surface area contributed by atoms with E-state index in [4.69, 9.17) is 0 Å². The van der Waals surface area contributed by atoms with Crippen LogP contribution < -0.4 is 5.56 Å². The Morgan fingerprint density at radius 3 is 2.67 bits per heavy atom. The van der Waals surface area contributed by atoms with Crippen molar-refractivity contribution < 1.29 is 4.92 Å². The molecule has 6 nitrogen and oxygen atoms in total. The number of rotatable bonds is 5. The monoisotopic (exact) mass is 339 g/mol. The molecule has 0 bridgehead atoms. The Bertz CT molecular complexity index is 984. The molecule has 0 N–H and O–H groups in total. The molecule has 0 saturated carbocycles. The van der Waals surface area contributed by atoms with Gasteiger partial charge >= 0.3 is 0 Å². The third kappa shape index (κ3) is 2.93. The minimum absolute atomic E-state index is 0.132. The van der Waals surface area contributed by atoms with Gasteiger partial charge in [-0.3, -0.25) is 19.5 Å². The van der Waals surface area contributed by atoms with Crippen molar-refractivity contribution >= 4 is 28.4 Å². The van der Waals surface area contributed by atoms with Crippen molar-refractivity contribution in [1.29, 1.82) is 0 Å². The number of hydrogen-bond acceptors (Lipinski definition) is 5. The van der Waals surface area contributed by atoms with Gasteiger partial charge in [-0.1, -0.05) is 36.0 Å². The van der Waals surface area contributed by atoms with Gasteiger partial charge in [0, 0.05) is 17.9 Å². The largest absolute Gasteiger partial charge is 0.270 e. The summed E-state index contributed by atoms with van der Waals surface area (Å²) in [6.45, 7) is 3.68. The summed E-state index contributed by atoms with van der Waals surface area (Å²) < 4.78 is 1.47. The second-order valence-corrected chi connectivity index (χ2v) is 5.92. The molecule has 0 amide bonds. The van der Waals surface area contributed by atoms with E-state index in [2.05, 4.69) is 11.6 Å². The average molecular weight is 339 g/mol. The van der Waals surface area contributed by atoms with Gasteiger partial charge in [0.25, 0.3) is 11.2 Å². The molecule has 0 saturated heterocycles. The molecule has 0 fully saturated rings. The molecule has 3 aromatic rings. The van der Waals surface area contributed by atoms with Crippen LogP contribution in [0.15, 0.2) is 71.1 Å². The van der Waals surface area contributed by atoms with Gasteiger partial charge in [-0.2, -0.15) is 0 Å². The molecule has 0 aliphatic carbocycles. The summed E-state index contributed by atoms with van der Waals surface area (Å²) >= 11 is 1.38. The summed E-state index contributed by atoms with van der Waals surface area (Å²) in [5.74, 6) is 0.595. The minimum Gasteiger partial charge on any atom is -0.268 e. The van der Waals surface area contributed by atoms with E-state index in [1.165, 1.54) is 34.5 Å². The Kier molecular flexibility index (Phi) is 4.43. The number of aromatic nitrogens is 2. The number of nitro groups is 1. The summed E-state index contributed by atoms with van der Waals surface area (Å²) in [4.78, 5) is 27.9. The lowest BCUT2D eigenvalue weighted by atomic mass is 10.2. The first kappa shape index (κ1) is 15.9. The van der Waals surface area contributed by atoms with Crippen LogP contribution in [0.5, 0.6) is 0 Å². The number of thioether (sulfide) groups is 1. The van der Waals surface area contributed by atoms with Crippen LogP contribution in [0, 0.1) is 10.1 Å². The van der Waals surface area contributed by atoms with E-state index in [1.54, 1.807) is 18.2 Å². The van der Waals surface area contributed by atoms with E-state index in [0.29, 0.717) is 22.1 Å². The topological polar surface area (TPSA) is 78.0 Å². The van der Waals surface area contributed by atoms with Gasteiger partial charge in [-0.15, -0.1) is 6.58 Å². The smallest absolute Gasteiger partial charge is 0.268 e. The summed E-state index contributed by atoms with van der Waals surface area (Å²) in [6.07, 6.45) is 1.73. The maximum atomic E-state index is 12.9. The first-order valence-corrected chi connectivity index (χ1v) is 8.10. The number of nitro benzene ring substituents is 1. The molecule has 0 atom stereocenters. The lowest BCUT2D eigenvalue weighted by molar-refractivity contribution is -0.384. The quantitative estimate of drug-likeness (QED) is 0.233. The molecular formula is C17H13N3O3S. The highest BCUT2D eigenvalue weighted by atomic mass is 32.2. The predicted octanol–water partition coefficient (Wildman–Crippen LogP) is 3.57. The van der Waals surface area contributed by atoms with Gasteiger partial charge in [0.15, 0.2) is 5.16 Å². The van der Waals surface area contributed by atoms with Crippen LogP contribution in [0.1, 0.15) is 0 Å². The van der Waals surface area contributed by atoms with Gasteiger partial charge in [-0.05, 0) is 18.2 Å². The first-order chi connectivity index (χ1) is 11.6. The minimum atomic E-state index is -0.522. The molecule has 120 valence electrons. The summed E-state index contributed by atoms with van der Waals surface area (Å²) in [7, 11) is 0. The summed E-state index contributed by atoms with van der Waals surface area (Å²) in [5, 5.41) is 11.7. The molecule has 0 radical (unpaired) electrons. The Labute approximate surface area is 141 Å². The molecule has 1 heterocycles. The number of fused-ring (bicyclic) bond motifs is 1. The zero-order valence-corrected chi connectivity index (χ0v) is 13.4. The molecule has 24 heavy (non-hydrogen) atoms. The van der Waals surface area contributed by atoms with Crippen molar-refractivity contribution in [3.63, 3.8) is 0 Å². The summed E-state index contributed by atoms with van der Waals surface area (Å²) in [5.41, 5.74) is 0.633. The molecular weight excluding hydrogens is 326 g/mol. The molecule has 2 aromatic carbocycles. The van der Waals surface area contributed by atoms with Crippen molar-refractivity contribution in [2.75, 3.05) is 5.75 Å². The molecule has 0 unspecified atom stereocenters. The van der Waals surface area contributed by atoms with E-state index >= 15 is 0 Å². The van der Waals surface area contributed by atoms with E-state index in [1.807, 2.05) is 18.2 Å². The van der Waals surface area contributed by atoms with Crippen LogP contribution in [0.4, 0.5) is 5.69 Å². The van der Waals surface area contributed by atoms with Gasteiger partial charge in [-0.25, -0.2) is 4.98 Å². The van der Waals surface area contributed by atoms with E-state index in [9.17, 15) is 14.9 Å². The van der Waals surface area contributed by atoms with Gasteiger partial charge in [0.05, 0.1) is 21.5 Å². The van der Waals surface area contributed by atoms with Crippen LogP contribution in [-0.2, 0) is 0 Å². The van der Waals surface area contributed by atoms with Crippen molar-refractivity contribution in [2.24, 2.45) is 0 Å². The molecule has 0 aliphatic rings. The van der Waals surface area contributed by atoms with Crippen LogP contribution in [0.2, 0.25) is 0 Å². The fourth-order valence-corrected chi connectivity index (χ4v) is 3.05. The van der Waals surface area contributed by atoms with Crippen molar-refractivity contribution in [3.8, 4) is 5.69 Å². The van der Waals surface area contributed by atoms with Crippen LogP contribution in [0.25, 0.3) is 16.6 Å². The number of benzene rings is 2. The second-order valence-electron chi connectivity index (χ2n) is 4.93. The number of para-hydroxylation sites is 1. The highest BCUT2D eigenvalue weighted by molar-refractivity contribution is 7.99. The molecule has 1 aromatic heterocycles. The lowest BCUT2D eigenvalue weighted by Gasteiger charge is -2.12. The summed E-state index contributed by atoms with van der Waals surface area (Å²) in [6, 6.07) is 13.2. The number of hydrogen-bond donors (Lipinski definition) is 0. The Hall–Kier alpha value is -2.93. The molecule has 7 heteroatoms. The normalized spacial score (nSPS) is 10.7. The van der Waals surface area contributed by atoms with Crippen LogP contribution in [-0.4, -0.2) is 20.2 Å². The average Bonchev–Trinajstić information content (AvgIpc) is 2.60. The Morgan fingerprint density at radius 2 is 2.00 bits per heavy atom. The van der Waals surface area contributed by atoms with Gasteiger partial charge < -0.3 is 0 Å². The van der Waals surface area contributed by atoms with Gasteiger partial charge in [0.1, 0.15) is 0 Å². The van der Waals surface area contributed by atoms with Gasteiger partial charge in [0.2, 0.25) is 0 Å². The van der Waals surface area contributed by atoms with Crippen molar-refractivity contribution in [1.82, 2.24) is 9.55 Å². The predicted molar refractivity (Wildman–Crippen MR) is 94.9 cm³/mol. The fraction of sp³-hybridized carbons (Fsp3) is 0.0588. The fourth-order valence-electron chi connectivity index (χ4n) is 2.30. The standard InChI is InChI=1S/C17H13N3O3S/c1-2-10-24-17-18-15-9-8-13(20(22)23)11-14(15)16(21)19(17)12-6-4-3-5-7-12/h2-9,11H,1,10H2. The Morgan fingerprint density at radius 1 is 1.25 bits per heavy atom. The highest BCUT2D eigenvalue weighted by Gasteiger charge is 2.15. The maximum Gasteiger partial charge on any atom is 0.270 e. The molecule has 3 rings (SSSR count). The Balaban J connectivity index is 2.32. The second kappa shape index (κ2) is 6.67. The molecule has 0 aliphatic heterocycles. The zero-order chi connectivity index (χ0) is 17.1. The van der Waals surface area contributed by atoms with Crippen molar-refractivity contribution in [3.05, 3.63) is 81.7 Å². The van der Waals surface area contributed by atoms with Crippen molar-refractivity contribution in [2.45, 2.75) is 5.16 Å².